The molecule has 1 aromatic rings. The van der Waals surface area contributed by atoms with Gasteiger partial charge in [0.1, 0.15) is 6.04 Å². The van der Waals surface area contributed by atoms with E-state index in [9.17, 15) is 5.26 Å². The molecular weight excluding hydrogens is 246 g/mol. The van der Waals surface area contributed by atoms with E-state index >= 15 is 0 Å². The van der Waals surface area contributed by atoms with Crippen LogP contribution in [-0.2, 0) is 0 Å². The van der Waals surface area contributed by atoms with Crippen LogP contribution in [0.1, 0.15) is 42.9 Å². The molecule has 0 saturated carbocycles. The van der Waals surface area contributed by atoms with E-state index in [2.05, 4.69) is 35.3 Å². The number of nitriles is 1. The Morgan fingerprint density at radius 3 is 2.80 bits per heavy atom. The highest BCUT2D eigenvalue weighted by molar-refractivity contribution is 5.28. The molecule has 1 aliphatic rings. The number of rotatable bonds is 7. The van der Waals surface area contributed by atoms with Crippen LogP contribution in [0, 0.1) is 18.3 Å². The maximum atomic E-state index is 9.28. The first kappa shape index (κ1) is 15.0. The summed E-state index contributed by atoms with van der Waals surface area (Å²) in [5.41, 5.74) is 2.28. The molecule has 20 heavy (non-hydrogen) atoms. The molecule has 108 valence electrons. The minimum atomic E-state index is -0.179. The molecule has 1 aliphatic heterocycles. The molecule has 3 nitrogen and oxygen atoms in total. The summed E-state index contributed by atoms with van der Waals surface area (Å²) in [6.45, 7) is 6.74. The number of hydrogen-bond donors (Lipinski definition) is 1. The Labute approximate surface area is 122 Å². The van der Waals surface area contributed by atoms with Crippen molar-refractivity contribution in [2.24, 2.45) is 0 Å². The van der Waals surface area contributed by atoms with Crippen LogP contribution in [-0.4, -0.2) is 31.1 Å². The van der Waals surface area contributed by atoms with Crippen LogP contribution in [0.5, 0.6) is 0 Å². The van der Waals surface area contributed by atoms with Crippen LogP contribution in [0.15, 0.2) is 24.3 Å². The zero-order valence-electron chi connectivity index (χ0n) is 12.4. The molecule has 0 amide bonds. The monoisotopic (exact) mass is 271 g/mol. The van der Waals surface area contributed by atoms with E-state index < -0.39 is 0 Å². The first-order valence-corrected chi connectivity index (χ1v) is 7.71. The van der Waals surface area contributed by atoms with Gasteiger partial charge in [0, 0.05) is 0 Å². The van der Waals surface area contributed by atoms with E-state index in [-0.39, 0.29) is 6.04 Å². The Hall–Kier alpha value is -1.37. The number of nitrogens with one attached hydrogen (secondary N) is 1. The van der Waals surface area contributed by atoms with Crippen LogP contribution in [0.3, 0.4) is 0 Å². The number of likely N-dealkylation sites (tertiary alicyclic amines) is 1. The predicted octanol–water partition coefficient (Wildman–Crippen LogP) is 3.03. The summed E-state index contributed by atoms with van der Waals surface area (Å²) in [5, 5.41) is 12.6. The highest BCUT2D eigenvalue weighted by Gasteiger charge is 2.11. The second-order valence-corrected chi connectivity index (χ2v) is 5.69. The zero-order valence-corrected chi connectivity index (χ0v) is 12.4. The molecule has 0 spiro atoms. The Balaban J connectivity index is 1.67. The lowest BCUT2D eigenvalue weighted by atomic mass is 10.1. The van der Waals surface area contributed by atoms with Crippen LogP contribution >= 0.6 is 0 Å². The molecule has 1 N–H and O–H groups in total. The summed E-state index contributed by atoms with van der Waals surface area (Å²) in [6, 6.07) is 10.4. The molecule has 1 atom stereocenters. The molecule has 0 bridgehead atoms. The van der Waals surface area contributed by atoms with Crippen molar-refractivity contribution in [1.82, 2.24) is 10.2 Å². The van der Waals surface area contributed by atoms with Crippen molar-refractivity contribution >= 4 is 0 Å². The molecule has 0 aromatic heterocycles. The molecule has 1 unspecified atom stereocenters. The van der Waals surface area contributed by atoms with Crippen molar-refractivity contribution in [3.8, 4) is 6.07 Å². The number of nitrogens with zero attached hydrogens (tertiary/aromatic N) is 2. The topological polar surface area (TPSA) is 39.1 Å². The minimum absolute atomic E-state index is 0.179. The lowest BCUT2D eigenvalue weighted by Gasteiger charge is -2.15. The van der Waals surface area contributed by atoms with E-state index in [1.165, 1.54) is 44.5 Å². The lowest BCUT2D eigenvalue weighted by molar-refractivity contribution is 0.328. The van der Waals surface area contributed by atoms with Crippen LogP contribution < -0.4 is 5.32 Å². The minimum Gasteiger partial charge on any atom is -0.303 e. The van der Waals surface area contributed by atoms with Crippen molar-refractivity contribution in [3.63, 3.8) is 0 Å². The second-order valence-electron chi connectivity index (χ2n) is 5.69. The fourth-order valence-electron chi connectivity index (χ4n) is 2.80. The van der Waals surface area contributed by atoms with Crippen LogP contribution in [0.4, 0.5) is 0 Å². The standard InChI is InChI=1S/C17H25N3/c1-15-7-6-8-16(13-15)17(14-18)19-9-2-3-10-20-11-4-5-12-20/h6-8,13,17,19H,2-5,9-12H2,1H3. The molecule has 0 radical (unpaired) electrons. The highest BCUT2D eigenvalue weighted by atomic mass is 15.1. The van der Waals surface area contributed by atoms with Gasteiger partial charge in [0.15, 0.2) is 0 Å². The summed E-state index contributed by atoms with van der Waals surface area (Å²) < 4.78 is 0. The van der Waals surface area contributed by atoms with Gasteiger partial charge in [-0.15, -0.1) is 0 Å². The summed E-state index contributed by atoms with van der Waals surface area (Å²) in [6.07, 6.45) is 5.09. The normalized spacial score (nSPS) is 17.0. The summed E-state index contributed by atoms with van der Waals surface area (Å²) >= 11 is 0. The van der Waals surface area contributed by atoms with Gasteiger partial charge in [-0.3, -0.25) is 5.32 Å². The summed E-state index contributed by atoms with van der Waals surface area (Å²) in [4.78, 5) is 2.54. The average molecular weight is 271 g/mol. The quantitative estimate of drug-likeness (QED) is 0.775. The van der Waals surface area contributed by atoms with E-state index in [4.69, 9.17) is 0 Å². The molecule has 1 saturated heterocycles. The number of aryl methyl sites for hydroxylation is 1. The van der Waals surface area contributed by atoms with Gasteiger partial charge in [-0.05, 0) is 64.3 Å². The molecule has 2 rings (SSSR count). The van der Waals surface area contributed by atoms with Gasteiger partial charge in [-0.2, -0.15) is 5.26 Å². The fraction of sp³-hybridized carbons (Fsp3) is 0.588. The van der Waals surface area contributed by atoms with Gasteiger partial charge in [-0.1, -0.05) is 29.8 Å². The second kappa shape index (κ2) is 8.04. The Morgan fingerprint density at radius 1 is 1.30 bits per heavy atom. The molecule has 1 heterocycles. The zero-order chi connectivity index (χ0) is 14.2. The number of unbranched alkanes of at least 4 members (excludes halogenated alkanes) is 1. The Morgan fingerprint density at radius 2 is 2.10 bits per heavy atom. The molecular formula is C17H25N3. The average Bonchev–Trinajstić information content (AvgIpc) is 2.96. The van der Waals surface area contributed by atoms with Crippen molar-refractivity contribution in [1.29, 1.82) is 5.26 Å². The largest absolute Gasteiger partial charge is 0.303 e. The van der Waals surface area contributed by atoms with Gasteiger partial charge in [0.2, 0.25) is 0 Å². The first-order valence-electron chi connectivity index (χ1n) is 7.71. The molecule has 1 aromatic carbocycles. The maximum absolute atomic E-state index is 9.28. The van der Waals surface area contributed by atoms with Gasteiger partial charge in [-0.25, -0.2) is 0 Å². The number of benzene rings is 1. The smallest absolute Gasteiger partial charge is 0.121 e. The van der Waals surface area contributed by atoms with E-state index in [1.54, 1.807) is 0 Å². The van der Waals surface area contributed by atoms with E-state index in [0.29, 0.717) is 0 Å². The summed E-state index contributed by atoms with van der Waals surface area (Å²) in [5.74, 6) is 0. The van der Waals surface area contributed by atoms with Crippen molar-refractivity contribution in [3.05, 3.63) is 35.4 Å². The van der Waals surface area contributed by atoms with Gasteiger partial charge in [0.25, 0.3) is 0 Å². The molecule has 3 heteroatoms. The third kappa shape index (κ3) is 4.63. The summed E-state index contributed by atoms with van der Waals surface area (Å²) in [7, 11) is 0. The molecule has 0 aliphatic carbocycles. The first-order chi connectivity index (χ1) is 9.79. The Bertz CT molecular complexity index is 444. The third-order valence-corrected chi connectivity index (χ3v) is 3.95. The van der Waals surface area contributed by atoms with Crippen molar-refractivity contribution in [2.45, 2.75) is 38.6 Å². The Kier molecular flexibility index (Phi) is 6.04. The van der Waals surface area contributed by atoms with Crippen molar-refractivity contribution < 1.29 is 0 Å². The van der Waals surface area contributed by atoms with E-state index in [1.807, 2.05) is 12.1 Å². The van der Waals surface area contributed by atoms with Gasteiger partial charge >= 0.3 is 0 Å². The van der Waals surface area contributed by atoms with E-state index in [0.717, 1.165) is 18.5 Å². The fourth-order valence-corrected chi connectivity index (χ4v) is 2.80. The van der Waals surface area contributed by atoms with Gasteiger partial charge < -0.3 is 4.90 Å². The van der Waals surface area contributed by atoms with Crippen LogP contribution in [0.2, 0.25) is 0 Å². The SMILES string of the molecule is Cc1cccc(C(C#N)NCCCCN2CCCC2)c1. The lowest BCUT2D eigenvalue weighted by Crippen LogP contribution is -2.24. The highest BCUT2D eigenvalue weighted by Crippen LogP contribution is 2.14. The molecule has 1 fully saturated rings. The van der Waals surface area contributed by atoms with Gasteiger partial charge in [0.05, 0.1) is 6.07 Å². The third-order valence-electron chi connectivity index (χ3n) is 3.95. The van der Waals surface area contributed by atoms with Crippen molar-refractivity contribution in [2.75, 3.05) is 26.2 Å². The number of hydrogen-bond acceptors (Lipinski definition) is 3. The predicted molar refractivity (Wildman–Crippen MR) is 82.4 cm³/mol. The maximum Gasteiger partial charge on any atom is 0.121 e. The van der Waals surface area contributed by atoms with Crippen LogP contribution in [0.25, 0.3) is 0 Å².